The monoisotopic (exact) mass is 375 g/mol. The first-order valence-electron chi connectivity index (χ1n) is 9.37. The molecular weight excluding hydrogens is 354 g/mol. The number of hydrogen-bond acceptors (Lipinski definition) is 6. The molecule has 1 saturated heterocycles. The highest BCUT2D eigenvalue weighted by molar-refractivity contribution is 5.68. The average Bonchev–Trinajstić information content (AvgIpc) is 3.30. The lowest BCUT2D eigenvalue weighted by atomic mass is 9.91. The first-order valence-corrected chi connectivity index (χ1v) is 9.37. The van der Waals surface area contributed by atoms with Crippen LogP contribution in [-0.4, -0.2) is 42.5 Å². The van der Waals surface area contributed by atoms with Gasteiger partial charge in [-0.25, -0.2) is 4.98 Å². The molecule has 1 fully saturated rings. The van der Waals surface area contributed by atoms with Gasteiger partial charge in [0.2, 0.25) is 5.88 Å². The minimum Gasteiger partial charge on any atom is -0.507 e. The second-order valence-electron chi connectivity index (χ2n) is 7.64. The zero-order chi connectivity index (χ0) is 19.1. The number of aromatic nitrogens is 4. The fraction of sp³-hybridized carbons (Fsp3) is 0.286. The second-order valence-corrected chi connectivity index (χ2v) is 7.64. The zero-order valence-corrected chi connectivity index (χ0v) is 15.5. The molecule has 2 aromatic heterocycles. The fourth-order valence-corrected chi connectivity index (χ4v) is 4.05. The molecule has 142 valence electrons. The lowest BCUT2D eigenvalue weighted by Crippen LogP contribution is -2.51. The molecule has 28 heavy (non-hydrogen) atoms. The van der Waals surface area contributed by atoms with Crippen LogP contribution in [-0.2, 0) is 0 Å². The van der Waals surface area contributed by atoms with Crippen molar-refractivity contribution in [3.8, 4) is 28.6 Å². The lowest BCUT2D eigenvalue weighted by molar-refractivity contribution is 0.110. The number of aromatic hydroxyl groups is 1. The van der Waals surface area contributed by atoms with Gasteiger partial charge in [-0.15, -0.1) is 10.2 Å². The molecule has 7 nitrogen and oxygen atoms in total. The summed E-state index contributed by atoms with van der Waals surface area (Å²) in [6, 6.07) is 9.41. The van der Waals surface area contributed by atoms with Gasteiger partial charge in [-0.05, 0) is 25.1 Å². The molecule has 0 aliphatic carbocycles. The van der Waals surface area contributed by atoms with Crippen molar-refractivity contribution in [2.24, 2.45) is 0 Å². The third-order valence-electron chi connectivity index (χ3n) is 5.37. The van der Waals surface area contributed by atoms with E-state index < -0.39 is 0 Å². The maximum absolute atomic E-state index is 10.4. The van der Waals surface area contributed by atoms with Gasteiger partial charge in [-0.1, -0.05) is 12.2 Å². The van der Waals surface area contributed by atoms with Crippen molar-refractivity contribution in [3.63, 3.8) is 0 Å². The Balaban J connectivity index is 1.31. The van der Waals surface area contributed by atoms with Crippen molar-refractivity contribution in [1.29, 1.82) is 0 Å². The molecule has 5 rings (SSSR count). The molecule has 2 N–H and O–H groups in total. The molecule has 7 heteroatoms. The molecule has 4 heterocycles. The molecular formula is C21H21N5O2. The molecule has 2 aliphatic heterocycles. The normalized spacial score (nSPS) is 25.8. The van der Waals surface area contributed by atoms with Crippen LogP contribution in [0.15, 0.2) is 61.2 Å². The molecule has 2 bridgehead atoms. The number of benzene rings is 1. The number of rotatable bonds is 4. The van der Waals surface area contributed by atoms with Crippen molar-refractivity contribution in [2.45, 2.75) is 37.5 Å². The Morgan fingerprint density at radius 2 is 2.18 bits per heavy atom. The SMILES string of the molecule is C[C@@]12C=CC(C[C@H](Oc3ccc(-c4ccc(-n5ccnc5)cc4O)nn3)C1)N2. The second kappa shape index (κ2) is 6.45. The van der Waals surface area contributed by atoms with E-state index >= 15 is 0 Å². The number of nitrogens with one attached hydrogen (secondary N) is 1. The van der Waals surface area contributed by atoms with Crippen LogP contribution in [0.3, 0.4) is 0 Å². The van der Waals surface area contributed by atoms with Crippen molar-refractivity contribution < 1.29 is 9.84 Å². The molecule has 1 unspecified atom stereocenters. The first-order chi connectivity index (χ1) is 13.6. The Morgan fingerprint density at radius 1 is 1.25 bits per heavy atom. The summed E-state index contributed by atoms with van der Waals surface area (Å²) < 4.78 is 7.89. The summed E-state index contributed by atoms with van der Waals surface area (Å²) in [7, 11) is 0. The Hall–Kier alpha value is -3.19. The Morgan fingerprint density at radius 3 is 2.89 bits per heavy atom. The van der Waals surface area contributed by atoms with E-state index in [-0.39, 0.29) is 17.4 Å². The van der Waals surface area contributed by atoms with Crippen LogP contribution in [0.25, 0.3) is 16.9 Å². The molecule has 0 saturated carbocycles. The van der Waals surface area contributed by atoms with Crippen LogP contribution in [0.4, 0.5) is 0 Å². The van der Waals surface area contributed by atoms with E-state index in [1.165, 1.54) is 0 Å². The van der Waals surface area contributed by atoms with Gasteiger partial charge in [0.1, 0.15) is 11.9 Å². The van der Waals surface area contributed by atoms with Gasteiger partial charge in [-0.3, -0.25) is 0 Å². The van der Waals surface area contributed by atoms with Gasteiger partial charge in [0.25, 0.3) is 0 Å². The van der Waals surface area contributed by atoms with Crippen molar-refractivity contribution in [3.05, 3.63) is 61.2 Å². The Kier molecular flexibility index (Phi) is 3.91. The standard InChI is InChI=1S/C21H21N5O2/c1-21-7-6-14(23-21)10-16(12-21)28-20-5-4-18(24-25-20)17-3-2-15(11-19(17)27)26-9-8-22-13-26/h2-9,11,13-14,16,23,27H,10,12H2,1H3/t14?,16-,21+/m0/s1. The third kappa shape index (κ3) is 3.14. The lowest BCUT2D eigenvalue weighted by Gasteiger charge is -2.36. The number of ether oxygens (including phenoxy) is 1. The van der Waals surface area contributed by atoms with Gasteiger partial charge in [0.05, 0.1) is 17.7 Å². The van der Waals surface area contributed by atoms with E-state index in [0.717, 1.165) is 18.5 Å². The summed E-state index contributed by atoms with van der Waals surface area (Å²) in [4.78, 5) is 4.02. The smallest absolute Gasteiger partial charge is 0.233 e. The molecule has 2 aliphatic rings. The van der Waals surface area contributed by atoms with Gasteiger partial charge < -0.3 is 19.7 Å². The van der Waals surface area contributed by atoms with E-state index in [1.54, 1.807) is 18.6 Å². The van der Waals surface area contributed by atoms with E-state index in [0.29, 0.717) is 23.2 Å². The predicted octanol–water partition coefficient (Wildman–Crippen LogP) is 2.86. The van der Waals surface area contributed by atoms with Crippen LogP contribution < -0.4 is 10.1 Å². The highest BCUT2D eigenvalue weighted by atomic mass is 16.5. The summed E-state index contributed by atoms with van der Waals surface area (Å²) in [6.45, 7) is 2.18. The number of piperidine rings is 1. The molecule has 3 aromatic rings. The quantitative estimate of drug-likeness (QED) is 0.682. The van der Waals surface area contributed by atoms with Crippen LogP contribution in [0.5, 0.6) is 11.6 Å². The topological polar surface area (TPSA) is 85.1 Å². The highest BCUT2D eigenvalue weighted by Gasteiger charge is 2.39. The Labute approximate surface area is 162 Å². The minimum atomic E-state index is 0.00370. The number of nitrogens with zero attached hydrogens (tertiary/aromatic N) is 4. The maximum atomic E-state index is 10.4. The third-order valence-corrected chi connectivity index (χ3v) is 5.37. The predicted molar refractivity (Wildman–Crippen MR) is 104 cm³/mol. The van der Waals surface area contributed by atoms with Gasteiger partial charge in [0, 0.05) is 54.5 Å². The Bertz CT molecular complexity index is 1020. The van der Waals surface area contributed by atoms with Crippen LogP contribution in [0, 0.1) is 0 Å². The summed E-state index contributed by atoms with van der Waals surface area (Å²) >= 11 is 0. The van der Waals surface area contributed by atoms with E-state index in [4.69, 9.17) is 4.74 Å². The van der Waals surface area contributed by atoms with Gasteiger partial charge >= 0.3 is 0 Å². The van der Waals surface area contributed by atoms with Gasteiger partial charge in [-0.2, -0.15) is 0 Å². The summed E-state index contributed by atoms with van der Waals surface area (Å²) in [5.41, 5.74) is 2.05. The molecule has 0 radical (unpaired) electrons. The van der Waals surface area contributed by atoms with Crippen LogP contribution in [0.1, 0.15) is 19.8 Å². The molecule has 0 amide bonds. The van der Waals surface area contributed by atoms with Crippen molar-refractivity contribution in [2.75, 3.05) is 0 Å². The molecule has 1 aromatic carbocycles. The maximum Gasteiger partial charge on any atom is 0.233 e. The van der Waals surface area contributed by atoms with E-state index in [9.17, 15) is 5.11 Å². The fourth-order valence-electron chi connectivity index (χ4n) is 4.05. The molecule has 3 atom stereocenters. The highest BCUT2D eigenvalue weighted by Crippen LogP contribution is 2.33. The minimum absolute atomic E-state index is 0.00370. The number of phenols is 1. The van der Waals surface area contributed by atoms with Crippen molar-refractivity contribution in [1.82, 2.24) is 25.1 Å². The van der Waals surface area contributed by atoms with E-state index in [1.807, 2.05) is 35.0 Å². The number of imidazole rings is 1. The summed E-state index contributed by atoms with van der Waals surface area (Å²) in [5.74, 6) is 0.649. The van der Waals surface area contributed by atoms with E-state index in [2.05, 4.69) is 39.6 Å². The van der Waals surface area contributed by atoms with Crippen LogP contribution in [0.2, 0.25) is 0 Å². The zero-order valence-electron chi connectivity index (χ0n) is 15.5. The summed E-state index contributed by atoms with van der Waals surface area (Å²) in [6.07, 6.45) is 11.6. The average molecular weight is 375 g/mol. The largest absolute Gasteiger partial charge is 0.507 e. The van der Waals surface area contributed by atoms with Crippen LogP contribution >= 0.6 is 0 Å². The van der Waals surface area contributed by atoms with Crippen molar-refractivity contribution >= 4 is 0 Å². The first kappa shape index (κ1) is 16.9. The number of hydrogen-bond donors (Lipinski definition) is 2. The molecule has 0 spiro atoms. The number of fused-ring (bicyclic) bond motifs is 2. The number of phenolic OH excluding ortho intramolecular Hbond substituents is 1. The summed E-state index contributed by atoms with van der Waals surface area (Å²) in [5, 5.41) is 22.5. The van der Waals surface area contributed by atoms with Gasteiger partial charge in [0.15, 0.2) is 0 Å².